The lowest BCUT2D eigenvalue weighted by Crippen LogP contribution is -2.03. The Morgan fingerprint density at radius 1 is 0.962 bits per heavy atom. The molecular weight excluding hydrogens is 320 g/mol. The summed E-state index contributed by atoms with van der Waals surface area (Å²) in [7, 11) is 1.64. The van der Waals surface area contributed by atoms with E-state index < -0.39 is 0 Å². The molecule has 4 rings (SSSR count). The molecule has 4 aromatic rings. The van der Waals surface area contributed by atoms with Gasteiger partial charge in [0, 0.05) is 22.8 Å². The second-order valence-electron chi connectivity index (χ2n) is 6.58. The number of benzene rings is 3. The van der Waals surface area contributed by atoms with Crippen molar-refractivity contribution in [1.82, 2.24) is 4.57 Å². The molecule has 0 fully saturated rings. The lowest BCUT2D eigenvalue weighted by molar-refractivity contribution is 0.410. The van der Waals surface area contributed by atoms with Crippen LogP contribution in [0.1, 0.15) is 22.3 Å². The Morgan fingerprint density at radius 2 is 1.65 bits per heavy atom. The molecule has 1 aromatic heterocycles. The van der Waals surface area contributed by atoms with Crippen molar-refractivity contribution in [1.29, 1.82) is 5.26 Å². The van der Waals surface area contributed by atoms with Crippen LogP contribution < -0.4 is 4.74 Å². The summed E-state index contributed by atoms with van der Waals surface area (Å²) in [6.07, 6.45) is 0. The Labute approximate surface area is 153 Å². The minimum absolute atomic E-state index is 0.619. The van der Waals surface area contributed by atoms with E-state index in [9.17, 15) is 5.26 Å². The maximum Gasteiger partial charge on any atom is 0.140 e. The Morgan fingerprint density at radius 3 is 2.35 bits per heavy atom. The summed E-state index contributed by atoms with van der Waals surface area (Å²) in [6.45, 7) is 4.91. The van der Waals surface area contributed by atoms with Crippen molar-refractivity contribution in [2.24, 2.45) is 0 Å². The number of para-hydroxylation sites is 1. The van der Waals surface area contributed by atoms with E-state index in [1.807, 2.05) is 25.1 Å². The zero-order chi connectivity index (χ0) is 18.3. The van der Waals surface area contributed by atoms with Crippen LogP contribution in [0.5, 0.6) is 5.75 Å². The monoisotopic (exact) mass is 340 g/mol. The van der Waals surface area contributed by atoms with Gasteiger partial charge in [0.05, 0.1) is 12.6 Å². The Bertz CT molecular complexity index is 1160. The fraction of sp³-hybridized carbons (Fsp3) is 0.174. The number of hydrogen-bond donors (Lipinski definition) is 0. The van der Waals surface area contributed by atoms with Crippen LogP contribution in [-0.2, 0) is 6.54 Å². The second kappa shape index (κ2) is 6.24. The van der Waals surface area contributed by atoms with E-state index in [4.69, 9.17) is 4.74 Å². The number of ether oxygens (including phenoxy) is 1. The Balaban J connectivity index is 2.17. The number of aryl methyl sites for hydroxylation is 1. The molecular formula is C23H20N2O. The third-order valence-electron chi connectivity index (χ3n) is 5.21. The maximum absolute atomic E-state index is 9.88. The number of rotatable bonds is 3. The zero-order valence-corrected chi connectivity index (χ0v) is 15.2. The summed E-state index contributed by atoms with van der Waals surface area (Å²) < 4.78 is 7.92. The third-order valence-corrected chi connectivity index (χ3v) is 5.21. The fourth-order valence-corrected chi connectivity index (χ4v) is 3.89. The summed E-state index contributed by atoms with van der Waals surface area (Å²) in [5.74, 6) is 0.681. The van der Waals surface area contributed by atoms with E-state index in [-0.39, 0.29) is 0 Å². The first kappa shape index (κ1) is 16.2. The first-order valence-corrected chi connectivity index (χ1v) is 8.69. The lowest BCUT2D eigenvalue weighted by atomic mass is 9.98. The molecule has 0 atom stereocenters. The molecule has 0 spiro atoms. The number of hydrogen-bond acceptors (Lipinski definition) is 2. The van der Waals surface area contributed by atoms with Crippen LogP contribution in [0, 0.1) is 25.2 Å². The molecule has 0 N–H and O–H groups in total. The summed E-state index contributed by atoms with van der Waals surface area (Å²) in [5.41, 5.74) is 6.29. The van der Waals surface area contributed by atoms with Gasteiger partial charge in [0.15, 0.2) is 0 Å². The standard InChI is InChI=1S/C23H20N2O/c1-15-16(2)23(26-3)19(13-24)21-18-11-7-8-12-20(18)25(22(15)21)14-17-9-5-4-6-10-17/h4-12H,14H2,1-3H3. The first-order chi connectivity index (χ1) is 12.7. The molecule has 128 valence electrons. The molecule has 0 unspecified atom stereocenters. The van der Waals surface area contributed by atoms with Crippen molar-refractivity contribution in [2.45, 2.75) is 20.4 Å². The molecule has 3 nitrogen and oxygen atoms in total. The van der Waals surface area contributed by atoms with E-state index in [0.717, 1.165) is 39.5 Å². The third kappa shape index (κ3) is 2.27. The van der Waals surface area contributed by atoms with E-state index in [1.165, 1.54) is 5.56 Å². The lowest BCUT2D eigenvalue weighted by Gasteiger charge is -2.15. The topological polar surface area (TPSA) is 37.9 Å². The van der Waals surface area contributed by atoms with E-state index in [1.54, 1.807) is 7.11 Å². The summed E-state index contributed by atoms with van der Waals surface area (Å²) >= 11 is 0. The van der Waals surface area contributed by atoms with E-state index in [0.29, 0.717) is 11.3 Å². The molecule has 1 heterocycles. The predicted octanol–water partition coefficient (Wildman–Crippen LogP) is 5.34. The molecule has 0 radical (unpaired) electrons. The van der Waals surface area contributed by atoms with Crippen LogP contribution in [0.2, 0.25) is 0 Å². The maximum atomic E-state index is 9.88. The van der Waals surface area contributed by atoms with Crippen molar-refractivity contribution in [3.63, 3.8) is 0 Å². The van der Waals surface area contributed by atoms with Gasteiger partial charge in [0.2, 0.25) is 0 Å². The smallest absolute Gasteiger partial charge is 0.140 e. The van der Waals surface area contributed by atoms with Crippen LogP contribution in [0.3, 0.4) is 0 Å². The van der Waals surface area contributed by atoms with Gasteiger partial charge in [-0.3, -0.25) is 0 Å². The zero-order valence-electron chi connectivity index (χ0n) is 15.2. The van der Waals surface area contributed by atoms with Crippen molar-refractivity contribution in [3.05, 3.63) is 76.9 Å². The summed E-state index contributed by atoms with van der Waals surface area (Å²) in [5, 5.41) is 12.0. The van der Waals surface area contributed by atoms with Gasteiger partial charge in [-0.1, -0.05) is 48.5 Å². The molecule has 0 amide bonds. The number of nitrogens with zero attached hydrogens (tertiary/aromatic N) is 2. The summed E-state index contributed by atoms with van der Waals surface area (Å²) in [4.78, 5) is 0. The average Bonchev–Trinajstić information content (AvgIpc) is 3.00. The average molecular weight is 340 g/mol. The minimum atomic E-state index is 0.619. The van der Waals surface area contributed by atoms with Crippen LogP contribution in [0.25, 0.3) is 21.8 Å². The van der Waals surface area contributed by atoms with Gasteiger partial charge < -0.3 is 9.30 Å². The van der Waals surface area contributed by atoms with Gasteiger partial charge in [0.1, 0.15) is 17.4 Å². The highest BCUT2D eigenvalue weighted by Gasteiger charge is 2.22. The highest BCUT2D eigenvalue weighted by molar-refractivity contribution is 6.13. The first-order valence-electron chi connectivity index (χ1n) is 8.69. The van der Waals surface area contributed by atoms with Crippen molar-refractivity contribution in [3.8, 4) is 11.8 Å². The largest absolute Gasteiger partial charge is 0.495 e. The van der Waals surface area contributed by atoms with Crippen LogP contribution in [-0.4, -0.2) is 11.7 Å². The van der Waals surface area contributed by atoms with Crippen LogP contribution >= 0.6 is 0 Å². The Hall–Kier alpha value is -3.25. The van der Waals surface area contributed by atoms with Gasteiger partial charge in [-0.05, 0) is 36.6 Å². The van der Waals surface area contributed by atoms with Gasteiger partial charge in [0.25, 0.3) is 0 Å². The highest BCUT2D eigenvalue weighted by atomic mass is 16.5. The number of aromatic nitrogens is 1. The number of nitriles is 1. The molecule has 0 saturated carbocycles. The van der Waals surface area contributed by atoms with Crippen LogP contribution in [0.4, 0.5) is 0 Å². The molecule has 3 heteroatoms. The van der Waals surface area contributed by atoms with Gasteiger partial charge in [-0.15, -0.1) is 0 Å². The van der Waals surface area contributed by atoms with Crippen molar-refractivity contribution >= 4 is 21.8 Å². The SMILES string of the molecule is COc1c(C)c(C)c2c(c1C#N)c1ccccc1n2Cc1ccccc1. The molecule has 26 heavy (non-hydrogen) atoms. The molecule has 0 aliphatic carbocycles. The molecule has 3 aromatic carbocycles. The molecule has 0 bridgehead atoms. The molecule has 0 aliphatic rings. The summed E-state index contributed by atoms with van der Waals surface area (Å²) in [6, 6.07) is 21.1. The fourth-order valence-electron chi connectivity index (χ4n) is 3.89. The van der Waals surface area contributed by atoms with Gasteiger partial charge >= 0.3 is 0 Å². The van der Waals surface area contributed by atoms with E-state index in [2.05, 4.69) is 54.0 Å². The van der Waals surface area contributed by atoms with E-state index >= 15 is 0 Å². The minimum Gasteiger partial charge on any atom is -0.495 e. The molecule has 0 aliphatic heterocycles. The molecule has 0 saturated heterocycles. The normalized spacial score (nSPS) is 11.0. The second-order valence-corrected chi connectivity index (χ2v) is 6.58. The van der Waals surface area contributed by atoms with Crippen molar-refractivity contribution in [2.75, 3.05) is 7.11 Å². The quantitative estimate of drug-likeness (QED) is 0.505. The Kier molecular flexibility index (Phi) is 3.89. The predicted molar refractivity (Wildman–Crippen MR) is 106 cm³/mol. The highest BCUT2D eigenvalue weighted by Crippen LogP contribution is 2.40. The van der Waals surface area contributed by atoms with Crippen LogP contribution in [0.15, 0.2) is 54.6 Å². The number of fused-ring (bicyclic) bond motifs is 3. The van der Waals surface area contributed by atoms with Gasteiger partial charge in [-0.25, -0.2) is 0 Å². The number of methoxy groups -OCH3 is 1. The van der Waals surface area contributed by atoms with Crippen molar-refractivity contribution < 1.29 is 4.74 Å². The van der Waals surface area contributed by atoms with Gasteiger partial charge in [-0.2, -0.15) is 5.26 Å².